The second kappa shape index (κ2) is 14.2. The van der Waals surface area contributed by atoms with Crippen molar-refractivity contribution >= 4 is 17.1 Å². The lowest BCUT2D eigenvalue weighted by molar-refractivity contribution is -0.215. The SMILES string of the molecule is COc1ccc(C(OCC2OC(n3cnc4c(=O)n(C)c(N)nc43)C(OC3CCCCO3)C2O)(c2ccccc2)c2ccc(OC)cc2)cc1. The second-order valence-corrected chi connectivity index (χ2v) is 12.4. The van der Waals surface area contributed by atoms with Crippen LogP contribution in [0.3, 0.4) is 0 Å². The van der Waals surface area contributed by atoms with Gasteiger partial charge in [-0.25, -0.2) is 4.98 Å². The van der Waals surface area contributed by atoms with Gasteiger partial charge in [0, 0.05) is 13.7 Å². The first-order valence-corrected chi connectivity index (χ1v) is 16.6. The van der Waals surface area contributed by atoms with Crippen molar-refractivity contribution in [1.29, 1.82) is 0 Å². The highest BCUT2D eigenvalue weighted by Crippen LogP contribution is 2.43. The van der Waals surface area contributed by atoms with Crippen LogP contribution in [0.5, 0.6) is 11.5 Å². The van der Waals surface area contributed by atoms with Crippen LogP contribution in [-0.2, 0) is 31.6 Å². The average molecular weight is 684 g/mol. The van der Waals surface area contributed by atoms with Gasteiger partial charge in [0.05, 0.1) is 27.2 Å². The summed E-state index contributed by atoms with van der Waals surface area (Å²) < 4.78 is 39.8. The summed E-state index contributed by atoms with van der Waals surface area (Å²) in [6.45, 7) is 0.497. The largest absolute Gasteiger partial charge is 0.497 e. The summed E-state index contributed by atoms with van der Waals surface area (Å²) in [6, 6.07) is 25.3. The molecule has 2 aliphatic heterocycles. The molecule has 262 valence electrons. The molecule has 3 N–H and O–H groups in total. The number of benzene rings is 3. The molecule has 0 spiro atoms. The van der Waals surface area contributed by atoms with Gasteiger partial charge in [-0.05, 0) is 60.2 Å². The lowest BCUT2D eigenvalue weighted by Crippen LogP contribution is -2.42. The van der Waals surface area contributed by atoms with Gasteiger partial charge in [-0.3, -0.25) is 13.9 Å². The number of rotatable bonds is 11. The van der Waals surface area contributed by atoms with Crippen molar-refractivity contribution in [2.75, 3.05) is 33.2 Å². The number of aromatic nitrogens is 4. The molecule has 0 amide bonds. The monoisotopic (exact) mass is 683 g/mol. The van der Waals surface area contributed by atoms with Gasteiger partial charge >= 0.3 is 0 Å². The van der Waals surface area contributed by atoms with E-state index in [0.717, 1.165) is 29.5 Å². The maximum Gasteiger partial charge on any atom is 0.282 e. The first kappa shape index (κ1) is 33.7. The third-order valence-electron chi connectivity index (χ3n) is 9.51. The van der Waals surface area contributed by atoms with Crippen molar-refractivity contribution in [2.45, 2.75) is 55.7 Å². The third kappa shape index (κ3) is 6.11. The summed E-state index contributed by atoms with van der Waals surface area (Å²) in [4.78, 5) is 21.8. The third-order valence-corrected chi connectivity index (χ3v) is 9.51. The highest BCUT2D eigenvalue weighted by atomic mass is 16.7. The molecule has 7 rings (SSSR count). The van der Waals surface area contributed by atoms with Crippen LogP contribution in [0.15, 0.2) is 90.0 Å². The molecule has 50 heavy (non-hydrogen) atoms. The van der Waals surface area contributed by atoms with Gasteiger partial charge in [0.2, 0.25) is 5.95 Å². The normalized spacial score (nSPS) is 22.5. The quantitative estimate of drug-likeness (QED) is 0.195. The number of nitrogen functional groups attached to an aromatic ring is 1. The molecular formula is C37H41N5O8. The van der Waals surface area contributed by atoms with Crippen LogP contribution in [-0.4, -0.2) is 76.2 Å². The Bertz CT molecular complexity index is 1910. The Kier molecular flexibility index (Phi) is 9.58. The predicted octanol–water partition coefficient (Wildman–Crippen LogP) is 3.91. The summed E-state index contributed by atoms with van der Waals surface area (Å²) in [5.41, 5.74) is 7.40. The van der Waals surface area contributed by atoms with Gasteiger partial charge in [0.15, 0.2) is 23.7 Å². The molecule has 5 atom stereocenters. The van der Waals surface area contributed by atoms with E-state index in [1.54, 1.807) is 18.8 Å². The highest BCUT2D eigenvalue weighted by molar-refractivity contribution is 5.71. The van der Waals surface area contributed by atoms with E-state index in [9.17, 15) is 9.90 Å². The maximum absolute atomic E-state index is 13.0. The van der Waals surface area contributed by atoms with Crippen molar-refractivity contribution in [3.63, 3.8) is 0 Å². The minimum Gasteiger partial charge on any atom is -0.497 e. The molecule has 0 aliphatic carbocycles. The number of methoxy groups -OCH3 is 2. The summed E-state index contributed by atoms with van der Waals surface area (Å²) in [5, 5.41) is 12.0. The van der Waals surface area contributed by atoms with Gasteiger partial charge in [-0.15, -0.1) is 0 Å². The van der Waals surface area contributed by atoms with E-state index in [2.05, 4.69) is 9.97 Å². The molecule has 13 heteroatoms. The lowest BCUT2D eigenvalue weighted by atomic mass is 9.80. The number of nitrogens with zero attached hydrogens (tertiary/aromatic N) is 4. The van der Waals surface area contributed by atoms with Gasteiger partial charge < -0.3 is 39.3 Å². The van der Waals surface area contributed by atoms with Crippen LogP contribution in [0.25, 0.3) is 11.2 Å². The predicted molar refractivity (Wildman–Crippen MR) is 184 cm³/mol. The Morgan fingerprint density at radius 3 is 2.18 bits per heavy atom. The fourth-order valence-electron chi connectivity index (χ4n) is 6.75. The van der Waals surface area contributed by atoms with Gasteiger partial charge in [-0.2, -0.15) is 4.98 Å². The molecular weight excluding hydrogens is 642 g/mol. The standard InChI is InChI=1S/C37H41N5O8/c1-41-34(44)30-33(40-36(41)38)42(22-39-30)35-32(50-29-11-7-8-20-47-29)31(43)28(49-35)21-48-37(23-9-5-4-6-10-23,24-12-16-26(45-2)17-13-24)25-14-18-27(46-3)19-15-25/h4-6,9-10,12-19,22,28-29,31-32,35,43H,7-8,11,20-21H2,1-3H3,(H2,38,40). The summed E-state index contributed by atoms with van der Waals surface area (Å²) in [6.07, 6.45) is -0.444. The van der Waals surface area contributed by atoms with E-state index in [-0.39, 0.29) is 23.7 Å². The molecule has 0 radical (unpaired) electrons. The van der Waals surface area contributed by atoms with Crippen LogP contribution in [0.1, 0.15) is 42.2 Å². The van der Waals surface area contributed by atoms with Gasteiger partial charge in [-0.1, -0.05) is 54.6 Å². The number of aliphatic hydroxyl groups is 1. The number of hydrogen-bond acceptors (Lipinski definition) is 11. The number of fused-ring (bicyclic) bond motifs is 1. The number of imidazole rings is 1. The summed E-state index contributed by atoms with van der Waals surface area (Å²) >= 11 is 0. The molecule has 5 unspecified atom stereocenters. The van der Waals surface area contributed by atoms with Crippen molar-refractivity contribution in [1.82, 2.24) is 19.1 Å². The van der Waals surface area contributed by atoms with Crippen LogP contribution in [0.4, 0.5) is 5.95 Å². The van der Waals surface area contributed by atoms with Crippen LogP contribution < -0.4 is 20.8 Å². The minimum atomic E-state index is -1.16. The van der Waals surface area contributed by atoms with Crippen molar-refractivity contribution in [3.8, 4) is 11.5 Å². The average Bonchev–Trinajstić information content (AvgIpc) is 3.72. The van der Waals surface area contributed by atoms with E-state index in [0.29, 0.717) is 24.5 Å². The summed E-state index contributed by atoms with van der Waals surface area (Å²) in [5.74, 6) is 1.41. The van der Waals surface area contributed by atoms with Crippen LogP contribution in [0, 0.1) is 0 Å². The number of hydrogen-bond donors (Lipinski definition) is 2. The summed E-state index contributed by atoms with van der Waals surface area (Å²) in [7, 11) is 4.77. The lowest BCUT2D eigenvalue weighted by Gasteiger charge is -2.37. The molecule has 2 fully saturated rings. The van der Waals surface area contributed by atoms with Crippen molar-refractivity contribution in [3.05, 3.63) is 112 Å². The molecule has 13 nitrogen and oxygen atoms in total. The second-order valence-electron chi connectivity index (χ2n) is 12.4. The van der Waals surface area contributed by atoms with E-state index < -0.39 is 42.0 Å². The van der Waals surface area contributed by atoms with Crippen LogP contribution >= 0.6 is 0 Å². The van der Waals surface area contributed by atoms with Gasteiger partial charge in [0.25, 0.3) is 5.56 Å². The van der Waals surface area contributed by atoms with E-state index in [4.69, 9.17) is 34.2 Å². The Labute approximate surface area is 289 Å². The van der Waals surface area contributed by atoms with Gasteiger partial charge in [0.1, 0.15) is 35.4 Å². The number of ether oxygens (including phenoxy) is 6. The molecule has 0 saturated carbocycles. The number of anilines is 1. The maximum atomic E-state index is 13.0. The molecule has 4 heterocycles. The first-order valence-electron chi connectivity index (χ1n) is 16.6. The zero-order valence-electron chi connectivity index (χ0n) is 28.2. The van der Waals surface area contributed by atoms with Crippen molar-refractivity contribution < 1.29 is 33.5 Å². The molecule has 2 aromatic heterocycles. The Balaban J connectivity index is 1.29. The highest BCUT2D eigenvalue weighted by Gasteiger charge is 2.49. The van der Waals surface area contributed by atoms with Crippen LogP contribution in [0.2, 0.25) is 0 Å². The van der Waals surface area contributed by atoms with E-state index in [1.807, 2.05) is 78.9 Å². The molecule has 2 saturated heterocycles. The van der Waals surface area contributed by atoms with E-state index >= 15 is 0 Å². The number of aliphatic hydroxyl groups excluding tert-OH is 1. The Hall–Kier alpha value is -4.79. The molecule has 3 aromatic carbocycles. The zero-order valence-corrected chi connectivity index (χ0v) is 28.2. The molecule has 2 aliphatic rings. The smallest absolute Gasteiger partial charge is 0.282 e. The fourth-order valence-corrected chi connectivity index (χ4v) is 6.75. The number of nitrogens with two attached hydrogens (primary N) is 1. The topological polar surface area (TPSA) is 154 Å². The van der Waals surface area contributed by atoms with Crippen molar-refractivity contribution in [2.24, 2.45) is 7.05 Å². The first-order chi connectivity index (χ1) is 24.3. The molecule has 5 aromatic rings. The zero-order chi connectivity index (χ0) is 34.8. The Morgan fingerprint density at radius 1 is 0.940 bits per heavy atom. The minimum absolute atomic E-state index is 0.0161. The Morgan fingerprint density at radius 2 is 1.58 bits per heavy atom. The molecule has 0 bridgehead atoms. The fraction of sp³-hybridized carbons (Fsp3) is 0.378. The van der Waals surface area contributed by atoms with E-state index in [1.165, 1.54) is 17.9 Å².